The van der Waals surface area contributed by atoms with Gasteiger partial charge in [-0.3, -0.25) is 10.2 Å². The van der Waals surface area contributed by atoms with Crippen molar-refractivity contribution in [2.45, 2.75) is 37.0 Å². The molecule has 1 N–H and O–H groups in total. The Bertz CT molecular complexity index is 1150. The molecule has 0 atom stereocenters. The maximum absolute atomic E-state index is 12.7. The van der Waals surface area contributed by atoms with Gasteiger partial charge in [-0.2, -0.15) is 0 Å². The van der Waals surface area contributed by atoms with Gasteiger partial charge in [-0.25, -0.2) is 16.8 Å². The molecule has 30 heavy (non-hydrogen) atoms. The van der Waals surface area contributed by atoms with Gasteiger partial charge >= 0.3 is 5.97 Å². The highest BCUT2D eigenvalue weighted by molar-refractivity contribution is 8.31. The van der Waals surface area contributed by atoms with E-state index in [9.17, 15) is 21.6 Å². The minimum Gasteiger partial charge on any atom is -0.497 e. The summed E-state index contributed by atoms with van der Waals surface area (Å²) in [6.07, 6.45) is 0.554. The van der Waals surface area contributed by atoms with Crippen molar-refractivity contribution in [1.82, 2.24) is 0 Å². The van der Waals surface area contributed by atoms with Crippen LogP contribution in [-0.4, -0.2) is 34.3 Å². The van der Waals surface area contributed by atoms with Gasteiger partial charge in [0.2, 0.25) is 24.1 Å². The minimum absolute atomic E-state index is 0.116. The second-order valence-corrected chi connectivity index (χ2v) is 11.1. The second kappa shape index (κ2) is 8.57. The molecule has 0 amide bonds. The molecule has 2 rings (SSSR count). The van der Waals surface area contributed by atoms with Gasteiger partial charge in [0.05, 0.1) is 22.3 Å². The number of hydrogen-bond acceptors (Lipinski definition) is 8. The van der Waals surface area contributed by atoms with E-state index in [1.54, 1.807) is 13.8 Å². The molecular weight excluding hydrogens is 430 g/mol. The predicted molar refractivity (Wildman–Crippen MR) is 111 cm³/mol. The molecule has 0 aliphatic rings. The first-order chi connectivity index (χ1) is 13.9. The van der Waals surface area contributed by atoms with Crippen LogP contribution in [0.25, 0.3) is 0 Å². The summed E-state index contributed by atoms with van der Waals surface area (Å²) in [6.45, 7) is 5.28. The van der Waals surface area contributed by atoms with Crippen LogP contribution in [0.3, 0.4) is 0 Å². The Hall–Kier alpha value is -2.72. The summed E-state index contributed by atoms with van der Waals surface area (Å²) in [5.74, 6) is 0.0279. The molecule has 2 aromatic carbocycles. The van der Waals surface area contributed by atoms with Gasteiger partial charge in [-0.05, 0) is 68.8 Å². The molecule has 0 saturated carbocycles. The fourth-order valence-corrected chi connectivity index (χ4v) is 5.34. The number of ether oxygens (including phenoxy) is 2. The quantitative estimate of drug-likeness (QED) is 0.308. The maximum atomic E-state index is 12.7. The molecule has 8 nitrogen and oxygen atoms in total. The smallest absolute Gasteiger partial charge is 0.316 e. The molecule has 0 spiro atoms. The van der Waals surface area contributed by atoms with Gasteiger partial charge < -0.3 is 9.47 Å². The standard InChI is InChI=1S/C20H23NO7S2/c1-5-20(2,3)18(22)28-15-8-12-17(13-9-15)30(25,26)19(21)29(23,24)16-10-6-14(27-4)7-11-16/h6-13,21H,5H2,1-4H3. The molecule has 0 unspecified atom stereocenters. The van der Waals surface area contributed by atoms with Crippen molar-refractivity contribution >= 4 is 30.0 Å². The fourth-order valence-electron chi connectivity index (χ4n) is 2.19. The van der Waals surface area contributed by atoms with Crippen LogP contribution in [0.1, 0.15) is 27.2 Å². The monoisotopic (exact) mass is 453 g/mol. The lowest BCUT2D eigenvalue weighted by atomic mass is 9.91. The van der Waals surface area contributed by atoms with E-state index in [1.165, 1.54) is 31.4 Å². The van der Waals surface area contributed by atoms with E-state index >= 15 is 0 Å². The number of sulfone groups is 2. The Kier molecular flexibility index (Phi) is 6.73. The molecule has 2 aromatic rings. The van der Waals surface area contributed by atoms with Crippen molar-refractivity contribution in [3.8, 4) is 11.5 Å². The molecule has 0 radical (unpaired) electrons. The first-order valence-electron chi connectivity index (χ1n) is 8.91. The Morgan fingerprint density at radius 3 is 1.63 bits per heavy atom. The molecule has 0 aromatic heterocycles. The van der Waals surface area contributed by atoms with Gasteiger partial charge in [0.15, 0.2) is 0 Å². The van der Waals surface area contributed by atoms with E-state index < -0.39 is 40.3 Å². The van der Waals surface area contributed by atoms with E-state index in [4.69, 9.17) is 14.9 Å². The van der Waals surface area contributed by atoms with Crippen LogP contribution < -0.4 is 9.47 Å². The summed E-state index contributed by atoms with van der Waals surface area (Å²) in [6, 6.07) is 9.70. The lowest BCUT2D eigenvalue weighted by Gasteiger charge is -2.20. The van der Waals surface area contributed by atoms with Gasteiger partial charge in [-0.1, -0.05) is 6.92 Å². The van der Waals surface area contributed by atoms with Crippen LogP contribution in [0.15, 0.2) is 58.3 Å². The summed E-state index contributed by atoms with van der Waals surface area (Å²) in [7, 11) is -7.78. The van der Waals surface area contributed by atoms with Crippen LogP contribution in [0.4, 0.5) is 0 Å². The number of benzene rings is 2. The molecule has 0 saturated heterocycles. The highest BCUT2D eigenvalue weighted by atomic mass is 32.3. The van der Waals surface area contributed by atoms with Crippen molar-refractivity contribution in [3.05, 3.63) is 48.5 Å². The molecular formula is C20H23NO7S2. The summed E-state index contributed by atoms with van der Waals surface area (Å²) in [5.41, 5.74) is -0.709. The number of hydrogen-bond donors (Lipinski definition) is 1. The third-order valence-electron chi connectivity index (χ3n) is 4.64. The molecule has 0 heterocycles. The van der Waals surface area contributed by atoms with Crippen molar-refractivity contribution < 1.29 is 31.1 Å². The first-order valence-corrected chi connectivity index (χ1v) is 11.9. The van der Waals surface area contributed by atoms with Crippen molar-refractivity contribution in [1.29, 1.82) is 5.41 Å². The highest BCUT2D eigenvalue weighted by Gasteiger charge is 2.34. The third-order valence-corrected chi connectivity index (χ3v) is 8.72. The summed E-state index contributed by atoms with van der Waals surface area (Å²) < 4.78 is 59.3. The topological polar surface area (TPSA) is 128 Å². The van der Waals surface area contributed by atoms with E-state index in [1.807, 2.05) is 6.92 Å². The molecule has 162 valence electrons. The lowest BCUT2D eigenvalue weighted by molar-refractivity contribution is -0.144. The van der Waals surface area contributed by atoms with Crippen LogP contribution in [-0.2, 0) is 24.5 Å². The second-order valence-electron chi connectivity index (χ2n) is 7.07. The lowest BCUT2D eigenvalue weighted by Crippen LogP contribution is -2.28. The summed E-state index contributed by atoms with van der Waals surface area (Å²) >= 11 is 0. The number of methoxy groups -OCH3 is 1. The molecule has 10 heteroatoms. The summed E-state index contributed by atoms with van der Waals surface area (Å²) in [5, 5.41) is 7.85. The zero-order valence-corrected chi connectivity index (χ0v) is 18.6. The van der Waals surface area contributed by atoms with Gasteiger partial charge in [0.25, 0.3) is 0 Å². The third kappa shape index (κ3) is 4.71. The van der Waals surface area contributed by atoms with Gasteiger partial charge in [0.1, 0.15) is 11.5 Å². The van der Waals surface area contributed by atoms with Gasteiger partial charge in [0, 0.05) is 0 Å². The highest BCUT2D eigenvalue weighted by Crippen LogP contribution is 2.26. The van der Waals surface area contributed by atoms with E-state index in [-0.39, 0.29) is 10.6 Å². The number of rotatable bonds is 6. The minimum atomic E-state index is -4.62. The van der Waals surface area contributed by atoms with Crippen LogP contribution in [0, 0.1) is 10.8 Å². The van der Waals surface area contributed by atoms with Crippen LogP contribution >= 0.6 is 0 Å². The average molecular weight is 454 g/mol. The number of esters is 1. The molecule has 0 fully saturated rings. The van der Waals surface area contributed by atoms with Crippen LogP contribution in [0.5, 0.6) is 11.5 Å². The van der Waals surface area contributed by atoms with Crippen molar-refractivity contribution in [2.75, 3.05) is 7.11 Å². The Balaban J connectivity index is 2.29. The normalized spacial score (nSPS) is 12.3. The van der Waals surface area contributed by atoms with Gasteiger partial charge in [-0.15, -0.1) is 0 Å². The molecule has 0 aliphatic heterocycles. The van der Waals surface area contributed by atoms with E-state index in [0.717, 1.165) is 24.3 Å². The Morgan fingerprint density at radius 2 is 1.27 bits per heavy atom. The van der Waals surface area contributed by atoms with Crippen LogP contribution in [0.2, 0.25) is 0 Å². The van der Waals surface area contributed by atoms with Crippen molar-refractivity contribution in [2.24, 2.45) is 5.41 Å². The predicted octanol–water partition coefficient (Wildman–Crippen LogP) is 3.22. The number of carbonyl (C=O) groups is 1. The molecule has 0 aliphatic carbocycles. The maximum Gasteiger partial charge on any atom is 0.316 e. The summed E-state index contributed by atoms with van der Waals surface area (Å²) in [4.78, 5) is 11.4. The van der Waals surface area contributed by atoms with E-state index in [2.05, 4.69) is 0 Å². The zero-order valence-electron chi connectivity index (χ0n) is 17.0. The van der Waals surface area contributed by atoms with E-state index in [0.29, 0.717) is 12.2 Å². The largest absolute Gasteiger partial charge is 0.497 e. The number of carbonyl (C=O) groups excluding carboxylic acids is 1. The van der Waals surface area contributed by atoms with Crippen molar-refractivity contribution in [3.63, 3.8) is 0 Å². The SMILES string of the molecule is CCC(C)(C)C(=O)Oc1ccc(S(=O)(=O)C(=N)S(=O)(=O)c2ccc(OC)cc2)cc1. The first kappa shape index (κ1) is 23.6. The fraction of sp³-hybridized carbons (Fsp3) is 0.300. The Morgan fingerprint density at radius 1 is 0.867 bits per heavy atom. The molecule has 0 bridgehead atoms. The Labute approximate surface area is 176 Å². The number of nitrogens with one attached hydrogen (secondary N) is 1. The average Bonchev–Trinajstić information content (AvgIpc) is 2.73. The zero-order chi connectivity index (χ0) is 22.7.